The first-order valence-corrected chi connectivity index (χ1v) is 9.63. The summed E-state index contributed by atoms with van der Waals surface area (Å²) in [5.74, 6) is 0.555. The topological polar surface area (TPSA) is 51.7 Å². The summed E-state index contributed by atoms with van der Waals surface area (Å²) >= 11 is 0. The minimum atomic E-state index is -0.169. The van der Waals surface area contributed by atoms with Gasteiger partial charge in [-0.1, -0.05) is 23.8 Å². The standard InChI is InChI=1S/C22H26N2O3/c1-17-4-2-6-19(12-17)21(25)24-15-22(16-24)20(8-11-27-22)7-10-26-14-18-5-3-9-23-13-18/h2-6,9,12-13,20H,7-8,10-11,14-16H2,1H3/t20-/m0/s1. The molecule has 0 unspecified atom stereocenters. The van der Waals surface area contributed by atoms with E-state index in [9.17, 15) is 4.79 Å². The normalized spacial score (nSPS) is 20.6. The van der Waals surface area contributed by atoms with Crippen LogP contribution in [0.4, 0.5) is 0 Å². The Kier molecular flexibility index (Phi) is 5.23. The van der Waals surface area contributed by atoms with Crippen molar-refractivity contribution in [2.24, 2.45) is 5.92 Å². The number of ether oxygens (including phenoxy) is 2. The molecule has 4 rings (SSSR count). The third kappa shape index (κ3) is 3.89. The lowest BCUT2D eigenvalue weighted by Gasteiger charge is -2.50. The van der Waals surface area contributed by atoms with Gasteiger partial charge in [-0.05, 0) is 49.4 Å². The maximum atomic E-state index is 12.7. The summed E-state index contributed by atoms with van der Waals surface area (Å²) in [5.41, 5.74) is 2.79. The molecule has 1 spiro atoms. The van der Waals surface area contributed by atoms with E-state index in [0.717, 1.165) is 36.1 Å². The molecule has 2 aromatic rings. The number of likely N-dealkylation sites (tertiary alicyclic amines) is 1. The molecule has 1 amide bonds. The smallest absolute Gasteiger partial charge is 0.254 e. The van der Waals surface area contributed by atoms with Crippen LogP contribution in [0.3, 0.4) is 0 Å². The average Bonchev–Trinajstić information content (AvgIpc) is 3.08. The molecule has 0 radical (unpaired) electrons. The summed E-state index contributed by atoms with van der Waals surface area (Å²) < 4.78 is 11.9. The molecule has 5 heteroatoms. The molecule has 0 N–H and O–H groups in total. The number of amides is 1. The van der Waals surface area contributed by atoms with Crippen LogP contribution in [-0.2, 0) is 16.1 Å². The summed E-state index contributed by atoms with van der Waals surface area (Å²) in [4.78, 5) is 18.7. The number of pyridine rings is 1. The molecule has 1 atom stereocenters. The Labute approximate surface area is 160 Å². The third-order valence-electron chi connectivity index (χ3n) is 5.67. The highest BCUT2D eigenvalue weighted by Crippen LogP contribution is 2.42. The molecule has 2 fully saturated rings. The van der Waals surface area contributed by atoms with E-state index >= 15 is 0 Å². The van der Waals surface area contributed by atoms with E-state index in [-0.39, 0.29) is 11.5 Å². The van der Waals surface area contributed by atoms with E-state index in [1.54, 1.807) is 6.20 Å². The third-order valence-corrected chi connectivity index (χ3v) is 5.67. The minimum absolute atomic E-state index is 0.103. The zero-order chi connectivity index (χ0) is 18.7. The Morgan fingerprint density at radius 3 is 3.00 bits per heavy atom. The van der Waals surface area contributed by atoms with Crippen molar-refractivity contribution in [3.05, 3.63) is 65.5 Å². The molecule has 142 valence electrons. The van der Waals surface area contributed by atoms with Crippen LogP contribution < -0.4 is 0 Å². The van der Waals surface area contributed by atoms with Gasteiger partial charge in [0.05, 0.1) is 19.7 Å². The first-order valence-electron chi connectivity index (χ1n) is 9.63. The van der Waals surface area contributed by atoms with Crippen molar-refractivity contribution >= 4 is 5.91 Å². The number of aromatic nitrogens is 1. The Hall–Kier alpha value is -2.24. The van der Waals surface area contributed by atoms with Gasteiger partial charge in [0.15, 0.2) is 0 Å². The highest BCUT2D eigenvalue weighted by molar-refractivity contribution is 5.95. The van der Waals surface area contributed by atoms with E-state index in [1.807, 2.05) is 54.4 Å². The van der Waals surface area contributed by atoms with E-state index in [4.69, 9.17) is 9.47 Å². The van der Waals surface area contributed by atoms with Gasteiger partial charge in [-0.25, -0.2) is 0 Å². The fourth-order valence-electron chi connectivity index (χ4n) is 4.15. The molecule has 5 nitrogen and oxygen atoms in total. The fraction of sp³-hybridized carbons (Fsp3) is 0.455. The van der Waals surface area contributed by atoms with Crippen molar-refractivity contribution in [2.45, 2.75) is 32.0 Å². The van der Waals surface area contributed by atoms with Crippen molar-refractivity contribution in [1.29, 1.82) is 0 Å². The van der Waals surface area contributed by atoms with Crippen molar-refractivity contribution in [3.8, 4) is 0 Å². The number of carbonyl (C=O) groups is 1. The largest absolute Gasteiger partial charge is 0.377 e. The summed E-state index contributed by atoms with van der Waals surface area (Å²) in [7, 11) is 0. The molecule has 0 bridgehead atoms. The summed E-state index contributed by atoms with van der Waals surface area (Å²) in [6, 6.07) is 11.7. The Bertz CT molecular complexity index is 787. The molecule has 2 aliphatic heterocycles. The molecule has 2 saturated heterocycles. The monoisotopic (exact) mass is 366 g/mol. The number of carbonyl (C=O) groups excluding carboxylic acids is 1. The van der Waals surface area contributed by atoms with E-state index in [0.29, 0.717) is 32.2 Å². The molecule has 3 heterocycles. The van der Waals surface area contributed by atoms with E-state index in [2.05, 4.69) is 4.98 Å². The Morgan fingerprint density at radius 2 is 2.22 bits per heavy atom. The SMILES string of the molecule is Cc1cccc(C(=O)N2CC3(C2)OCC[C@@H]3CCOCc2cccnc2)c1. The van der Waals surface area contributed by atoms with Gasteiger partial charge in [0, 0.05) is 31.2 Å². The van der Waals surface area contributed by atoms with Crippen LogP contribution in [0.15, 0.2) is 48.8 Å². The first-order chi connectivity index (χ1) is 13.2. The van der Waals surface area contributed by atoms with Crippen molar-refractivity contribution in [2.75, 3.05) is 26.3 Å². The highest BCUT2D eigenvalue weighted by atomic mass is 16.5. The molecular weight excluding hydrogens is 340 g/mol. The fourth-order valence-corrected chi connectivity index (χ4v) is 4.15. The number of rotatable bonds is 6. The number of nitrogens with zero attached hydrogens (tertiary/aromatic N) is 2. The van der Waals surface area contributed by atoms with Gasteiger partial charge in [0.2, 0.25) is 0 Å². The van der Waals surface area contributed by atoms with Crippen LogP contribution in [0.2, 0.25) is 0 Å². The van der Waals surface area contributed by atoms with Gasteiger partial charge in [0.25, 0.3) is 5.91 Å². The van der Waals surface area contributed by atoms with Crippen LogP contribution in [0.1, 0.15) is 34.3 Å². The number of aryl methyl sites for hydroxylation is 1. The second-order valence-corrected chi connectivity index (χ2v) is 7.63. The van der Waals surface area contributed by atoms with E-state index in [1.165, 1.54) is 0 Å². The minimum Gasteiger partial charge on any atom is -0.377 e. The molecule has 0 saturated carbocycles. The lowest BCUT2D eigenvalue weighted by molar-refractivity contribution is -0.120. The van der Waals surface area contributed by atoms with Gasteiger partial charge in [-0.3, -0.25) is 9.78 Å². The second kappa shape index (κ2) is 7.79. The van der Waals surface area contributed by atoms with Crippen molar-refractivity contribution in [3.63, 3.8) is 0 Å². The van der Waals surface area contributed by atoms with Gasteiger partial charge in [0.1, 0.15) is 5.60 Å². The molecule has 1 aromatic heterocycles. The van der Waals surface area contributed by atoms with Crippen LogP contribution in [0.25, 0.3) is 0 Å². The molecule has 27 heavy (non-hydrogen) atoms. The van der Waals surface area contributed by atoms with Gasteiger partial charge < -0.3 is 14.4 Å². The van der Waals surface area contributed by atoms with Gasteiger partial charge in [-0.15, -0.1) is 0 Å². The maximum absolute atomic E-state index is 12.7. The average molecular weight is 366 g/mol. The highest BCUT2D eigenvalue weighted by Gasteiger charge is 2.54. The summed E-state index contributed by atoms with van der Waals surface area (Å²) in [5, 5.41) is 0. The van der Waals surface area contributed by atoms with Gasteiger partial charge in [-0.2, -0.15) is 0 Å². The Morgan fingerprint density at radius 1 is 1.33 bits per heavy atom. The molecular formula is C22H26N2O3. The summed E-state index contributed by atoms with van der Waals surface area (Å²) in [6.07, 6.45) is 5.61. The lowest BCUT2D eigenvalue weighted by atomic mass is 9.79. The van der Waals surface area contributed by atoms with E-state index < -0.39 is 0 Å². The summed E-state index contributed by atoms with van der Waals surface area (Å²) in [6.45, 7) is 5.46. The Balaban J connectivity index is 1.27. The van der Waals surface area contributed by atoms with Crippen molar-refractivity contribution in [1.82, 2.24) is 9.88 Å². The predicted octanol–water partition coefficient (Wildman–Crippen LogP) is 3.23. The number of hydrogen-bond acceptors (Lipinski definition) is 4. The second-order valence-electron chi connectivity index (χ2n) is 7.63. The molecule has 0 aliphatic carbocycles. The van der Waals surface area contributed by atoms with Crippen LogP contribution in [0.5, 0.6) is 0 Å². The number of benzene rings is 1. The van der Waals surface area contributed by atoms with Crippen LogP contribution >= 0.6 is 0 Å². The number of hydrogen-bond donors (Lipinski definition) is 0. The lowest BCUT2D eigenvalue weighted by Crippen LogP contribution is -2.66. The van der Waals surface area contributed by atoms with Crippen molar-refractivity contribution < 1.29 is 14.3 Å². The maximum Gasteiger partial charge on any atom is 0.254 e. The molecule has 1 aromatic carbocycles. The zero-order valence-electron chi connectivity index (χ0n) is 15.8. The van der Waals surface area contributed by atoms with Crippen LogP contribution in [0, 0.1) is 12.8 Å². The van der Waals surface area contributed by atoms with Gasteiger partial charge >= 0.3 is 0 Å². The predicted molar refractivity (Wildman–Crippen MR) is 102 cm³/mol. The zero-order valence-corrected chi connectivity index (χ0v) is 15.8. The first kappa shape index (κ1) is 18.1. The quantitative estimate of drug-likeness (QED) is 0.737. The molecule has 2 aliphatic rings. The van der Waals surface area contributed by atoms with Crippen LogP contribution in [-0.4, -0.2) is 47.7 Å².